The lowest BCUT2D eigenvalue weighted by atomic mass is 10.1. The van der Waals surface area contributed by atoms with Gasteiger partial charge in [0.2, 0.25) is 0 Å². The molecule has 0 spiro atoms. The summed E-state index contributed by atoms with van der Waals surface area (Å²) in [6.45, 7) is 4.52. The Morgan fingerprint density at radius 3 is 1.71 bits per heavy atom. The van der Waals surface area contributed by atoms with Gasteiger partial charge < -0.3 is 0 Å². The second-order valence-corrected chi connectivity index (χ2v) is 15.2. The van der Waals surface area contributed by atoms with Gasteiger partial charge in [-0.15, -0.1) is 45.3 Å². The van der Waals surface area contributed by atoms with Crippen LogP contribution in [0.15, 0.2) is 36.4 Å². The third kappa shape index (κ3) is 7.16. The minimum Gasteiger partial charge on any atom is -0.297 e. The lowest BCUT2D eigenvalue weighted by Crippen LogP contribution is -1.85. The zero-order valence-corrected chi connectivity index (χ0v) is 26.0. The van der Waals surface area contributed by atoms with E-state index in [2.05, 4.69) is 72.8 Å². The van der Waals surface area contributed by atoms with E-state index in [9.17, 15) is 4.79 Å². The molecule has 0 bridgehead atoms. The minimum atomic E-state index is 0.845. The molecule has 0 aliphatic carbocycles. The van der Waals surface area contributed by atoms with Crippen molar-refractivity contribution >= 4 is 74.2 Å². The standard InChI is InChI=1S/C29H33IOS4/c1-3-5-7-9-11-20-17-22(19-31)32-28(20)25-15-13-23(33-25)24-14-16-26(34-24)29-21(18-27(30)35-29)12-10-8-6-4-2/h13-19H,3-12H2,1-2H3. The second kappa shape index (κ2) is 13.7. The first-order valence-corrected chi connectivity index (χ1v) is 17.0. The van der Waals surface area contributed by atoms with Crippen molar-refractivity contribution in [2.75, 3.05) is 0 Å². The zero-order chi connectivity index (χ0) is 24.6. The third-order valence-electron chi connectivity index (χ3n) is 6.22. The number of hydrogen-bond acceptors (Lipinski definition) is 5. The summed E-state index contributed by atoms with van der Waals surface area (Å²) in [6.07, 6.45) is 13.5. The topological polar surface area (TPSA) is 17.1 Å². The normalized spacial score (nSPS) is 11.4. The van der Waals surface area contributed by atoms with Crippen molar-refractivity contribution in [3.63, 3.8) is 0 Å². The van der Waals surface area contributed by atoms with Gasteiger partial charge in [0.25, 0.3) is 0 Å². The maximum Gasteiger partial charge on any atom is 0.160 e. The van der Waals surface area contributed by atoms with Crippen molar-refractivity contribution in [3.05, 3.63) is 55.3 Å². The van der Waals surface area contributed by atoms with Crippen molar-refractivity contribution in [2.24, 2.45) is 0 Å². The average Bonchev–Trinajstić information content (AvgIpc) is 3.64. The molecule has 0 fully saturated rings. The summed E-state index contributed by atoms with van der Waals surface area (Å²) in [5.74, 6) is 0. The van der Waals surface area contributed by atoms with E-state index in [1.165, 1.54) is 101 Å². The molecule has 6 heteroatoms. The molecule has 4 rings (SSSR count). The fourth-order valence-electron chi connectivity index (χ4n) is 4.36. The minimum absolute atomic E-state index is 0.845. The molecule has 0 unspecified atom stereocenters. The molecule has 4 aromatic heterocycles. The zero-order valence-electron chi connectivity index (χ0n) is 20.5. The molecule has 0 aromatic carbocycles. The summed E-state index contributed by atoms with van der Waals surface area (Å²) < 4.78 is 1.38. The van der Waals surface area contributed by atoms with Gasteiger partial charge in [0, 0.05) is 29.3 Å². The van der Waals surface area contributed by atoms with E-state index in [4.69, 9.17) is 0 Å². The molecule has 0 amide bonds. The Balaban J connectivity index is 1.52. The summed E-state index contributed by atoms with van der Waals surface area (Å²) >= 11 is 9.83. The highest BCUT2D eigenvalue weighted by molar-refractivity contribution is 14.1. The summed E-state index contributed by atoms with van der Waals surface area (Å²) in [7, 11) is 0. The molecule has 0 saturated carbocycles. The molecule has 1 nitrogen and oxygen atoms in total. The Bertz CT molecular complexity index is 1230. The Morgan fingerprint density at radius 2 is 1.17 bits per heavy atom. The largest absolute Gasteiger partial charge is 0.297 e. The summed E-state index contributed by atoms with van der Waals surface area (Å²) in [4.78, 5) is 20.4. The lowest BCUT2D eigenvalue weighted by Gasteiger charge is -2.02. The number of carbonyl (C=O) groups is 1. The number of hydrogen-bond donors (Lipinski definition) is 0. The van der Waals surface area contributed by atoms with Crippen LogP contribution < -0.4 is 0 Å². The van der Waals surface area contributed by atoms with Crippen molar-refractivity contribution in [1.82, 2.24) is 0 Å². The number of aldehydes is 1. The molecular weight excluding hydrogens is 619 g/mol. The predicted octanol–water partition coefficient (Wildman–Crippen LogP) is 11.6. The number of aryl methyl sites for hydroxylation is 2. The Kier molecular flexibility index (Phi) is 10.6. The number of unbranched alkanes of at least 4 members (excludes halogenated alkanes) is 6. The van der Waals surface area contributed by atoms with Crippen molar-refractivity contribution in [3.8, 4) is 29.3 Å². The molecular formula is C29H33IOS4. The number of thiophene rings is 4. The first-order valence-electron chi connectivity index (χ1n) is 12.7. The van der Waals surface area contributed by atoms with E-state index in [1.807, 2.05) is 34.0 Å². The maximum atomic E-state index is 11.5. The summed E-state index contributed by atoms with van der Waals surface area (Å²) in [5, 5.41) is 0. The van der Waals surface area contributed by atoms with Gasteiger partial charge >= 0.3 is 0 Å². The molecule has 0 N–H and O–H groups in total. The molecule has 186 valence electrons. The van der Waals surface area contributed by atoms with Crippen LogP contribution in [0.3, 0.4) is 0 Å². The van der Waals surface area contributed by atoms with Gasteiger partial charge in [0.15, 0.2) is 6.29 Å². The van der Waals surface area contributed by atoms with E-state index >= 15 is 0 Å². The Labute approximate surface area is 239 Å². The van der Waals surface area contributed by atoms with Crippen LogP contribution in [-0.2, 0) is 12.8 Å². The van der Waals surface area contributed by atoms with Crippen LogP contribution in [0.1, 0.15) is 86.0 Å². The van der Waals surface area contributed by atoms with E-state index in [1.54, 1.807) is 11.3 Å². The van der Waals surface area contributed by atoms with Crippen LogP contribution in [0.25, 0.3) is 29.3 Å². The molecule has 0 aliphatic rings. The van der Waals surface area contributed by atoms with Gasteiger partial charge in [-0.25, -0.2) is 0 Å². The van der Waals surface area contributed by atoms with Crippen LogP contribution in [0.5, 0.6) is 0 Å². The number of carbonyl (C=O) groups excluding carboxylic acids is 1. The second-order valence-electron chi connectivity index (χ2n) is 8.97. The molecule has 4 aromatic rings. The lowest BCUT2D eigenvalue weighted by molar-refractivity contribution is 0.112. The average molecular weight is 653 g/mol. The first kappa shape index (κ1) is 27.2. The highest BCUT2D eigenvalue weighted by Gasteiger charge is 2.16. The first-order chi connectivity index (χ1) is 17.1. The van der Waals surface area contributed by atoms with Crippen LogP contribution in [0.4, 0.5) is 0 Å². The van der Waals surface area contributed by atoms with Crippen LogP contribution >= 0.6 is 67.9 Å². The van der Waals surface area contributed by atoms with Gasteiger partial charge in [-0.3, -0.25) is 4.79 Å². The van der Waals surface area contributed by atoms with E-state index in [-0.39, 0.29) is 0 Å². The van der Waals surface area contributed by atoms with Crippen LogP contribution in [-0.4, -0.2) is 6.29 Å². The maximum absolute atomic E-state index is 11.5. The number of halogens is 1. The fraction of sp³-hybridized carbons (Fsp3) is 0.414. The molecule has 0 aliphatic heterocycles. The molecule has 0 radical (unpaired) electrons. The molecule has 0 saturated heterocycles. The van der Waals surface area contributed by atoms with Crippen molar-refractivity contribution in [1.29, 1.82) is 0 Å². The molecule has 4 heterocycles. The van der Waals surface area contributed by atoms with Gasteiger partial charge in [-0.05, 0) is 95.8 Å². The fourth-order valence-corrected chi connectivity index (χ4v) is 9.75. The van der Waals surface area contributed by atoms with E-state index in [0.717, 1.165) is 17.6 Å². The van der Waals surface area contributed by atoms with Crippen molar-refractivity contribution in [2.45, 2.75) is 78.1 Å². The number of rotatable bonds is 14. The van der Waals surface area contributed by atoms with Crippen molar-refractivity contribution < 1.29 is 4.79 Å². The van der Waals surface area contributed by atoms with Gasteiger partial charge in [0.05, 0.1) is 7.76 Å². The summed E-state index contributed by atoms with van der Waals surface area (Å²) in [5.41, 5.74) is 2.86. The smallest absolute Gasteiger partial charge is 0.160 e. The van der Waals surface area contributed by atoms with Gasteiger partial charge in [-0.1, -0.05) is 52.4 Å². The van der Waals surface area contributed by atoms with E-state index < -0.39 is 0 Å². The SMILES string of the molecule is CCCCCCc1cc(I)sc1-c1ccc(-c2ccc(-c3sc(C=O)cc3CCCCCC)s2)s1. The Hall–Kier alpha value is -0.800. The van der Waals surface area contributed by atoms with Gasteiger partial charge in [-0.2, -0.15) is 0 Å². The highest BCUT2D eigenvalue weighted by atomic mass is 127. The quantitative estimate of drug-likeness (QED) is 0.0753. The highest BCUT2D eigenvalue weighted by Crippen LogP contribution is 2.45. The van der Waals surface area contributed by atoms with Crippen LogP contribution in [0, 0.1) is 2.88 Å². The monoisotopic (exact) mass is 652 g/mol. The molecule has 0 atom stereocenters. The van der Waals surface area contributed by atoms with Crippen LogP contribution in [0.2, 0.25) is 0 Å². The third-order valence-corrected chi connectivity index (χ3v) is 12.0. The van der Waals surface area contributed by atoms with E-state index in [0.29, 0.717) is 0 Å². The molecule has 35 heavy (non-hydrogen) atoms. The Morgan fingerprint density at radius 1 is 0.657 bits per heavy atom. The summed E-state index contributed by atoms with van der Waals surface area (Å²) in [6, 6.07) is 13.6. The predicted molar refractivity (Wildman–Crippen MR) is 168 cm³/mol. The van der Waals surface area contributed by atoms with Gasteiger partial charge in [0.1, 0.15) is 0 Å².